The molecule has 2 aromatic carbocycles. The Kier molecular flexibility index (Phi) is 4.56. The first-order chi connectivity index (χ1) is 9.20. The minimum absolute atomic E-state index is 0.356. The second-order valence-corrected chi connectivity index (χ2v) is 5.02. The fourth-order valence-corrected chi connectivity index (χ4v) is 2.19. The van der Waals surface area contributed by atoms with Crippen molar-refractivity contribution in [2.75, 3.05) is 11.9 Å². The first kappa shape index (κ1) is 13.6. The molecule has 0 saturated carbocycles. The molecule has 0 heterocycles. The van der Waals surface area contributed by atoms with E-state index >= 15 is 0 Å². The second-order valence-electron chi connectivity index (χ2n) is 4.11. The Morgan fingerprint density at radius 2 is 2.00 bits per heavy atom. The molecule has 0 radical (unpaired) electrons. The first-order valence-corrected chi connectivity index (χ1v) is 6.66. The Balaban J connectivity index is 2.05. The van der Waals surface area contributed by atoms with Gasteiger partial charge in [-0.05, 0) is 29.8 Å². The lowest BCUT2D eigenvalue weighted by atomic mass is 10.1. The van der Waals surface area contributed by atoms with Gasteiger partial charge in [0.15, 0.2) is 0 Å². The van der Waals surface area contributed by atoms with Crippen LogP contribution in [0.1, 0.15) is 17.2 Å². The molecule has 0 bridgehead atoms. The van der Waals surface area contributed by atoms with E-state index in [1.807, 2.05) is 42.5 Å². The van der Waals surface area contributed by atoms with Crippen LogP contribution in [0.4, 0.5) is 5.69 Å². The largest absolute Gasteiger partial charge is 0.387 e. The van der Waals surface area contributed by atoms with Crippen molar-refractivity contribution in [3.63, 3.8) is 0 Å². The average molecular weight is 317 g/mol. The summed E-state index contributed by atoms with van der Waals surface area (Å²) in [6.07, 6.45) is -0.621. The second kappa shape index (κ2) is 6.37. The highest BCUT2D eigenvalue weighted by molar-refractivity contribution is 9.10. The molecular formula is C15H13BrN2O. The number of nitrogens with one attached hydrogen (secondary N) is 1. The number of anilines is 1. The van der Waals surface area contributed by atoms with E-state index in [2.05, 4.69) is 27.3 Å². The summed E-state index contributed by atoms with van der Waals surface area (Å²) in [6, 6.07) is 16.9. The van der Waals surface area contributed by atoms with Gasteiger partial charge < -0.3 is 10.4 Å². The number of aliphatic hydroxyl groups excluding tert-OH is 1. The van der Waals surface area contributed by atoms with Crippen molar-refractivity contribution in [1.29, 1.82) is 5.26 Å². The highest BCUT2D eigenvalue weighted by Crippen LogP contribution is 2.20. The predicted octanol–water partition coefficient (Wildman–Crippen LogP) is 3.47. The van der Waals surface area contributed by atoms with Gasteiger partial charge in [0.25, 0.3) is 0 Å². The van der Waals surface area contributed by atoms with Crippen molar-refractivity contribution in [3.8, 4) is 6.07 Å². The van der Waals surface area contributed by atoms with Gasteiger partial charge in [0, 0.05) is 11.0 Å². The monoisotopic (exact) mass is 316 g/mol. The molecule has 1 atom stereocenters. The van der Waals surface area contributed by atoms with E-state index < -0.39 is 6.10 Å². The summed E-state index contributed by atoms with van der Waals surface area (Å²) in [5, 5.41) is 22.2. The van der Waals surface area contributed by atoms with E-state index in [0.717, 1.165) is 15.7 Å². The topological polar surface area (TPSA) is 56.0 Å². The SMILES string of the molecule is N#Cc1ccccc1NCC(O)c1cccc(Br)c1. The Bertz CT molecular complexity index is 607. The first-order valence-electron chi connectivity index (χ1n) is 5.87. The van der Waals surface area contributed by atoms with Crippen LogP contribution in [0.2, 0.25) is 0 Å². The summed E-state index contributed by atoms with van der Waals surface area (Å²) in [4.78, 5) is 0. The summed E-state index contributed by atoms with van der Waals surface area (Å²) in [5.41, 5.74) is 2.14. The van der Waals surface area contributed by atoms with Crippen molar-refractivity contribution in [3.05, 3.63) is 64.1 Å². The molecule has 0 saturated heterocycles. The molecule has 0 aliphatic carbocycles. The summed E-state index contributed by atoms with van der Waals surface area (Å²) in [6.45, 7) is 0.356. The molecule has 1 unspecified atom stereocenters. The van der Waals surface area contributed by atoms with Gasteiger partial charge in [-0.1, -0.05) is 40.2 Å². The molecule has 2 aromatic rings. The lowest BCUT2D eigenvalue weighted by Gasteiger charge is -2.14. The van der Waals surface area contributed by atoms with Gasteiger partial charge in [-0.15, -0.1) is 0 Å². The van der Waals surface area contributed by atoms with Crippen molar-refractivity contribution in [2.24, 2.45) is 0 Å². The molecule has 0 amide bonds. The molecule has 3 nitrogen and oxygen atoms in total. The minimum atomic E-state index is -0.621. The van der Waals surface area contributed by atoms with Gasteiger partial charge in [0.05, 0.1) is 17.4 Å². The van der Waals surface area contributed by atoms with Crippen molar-refractivity contribution in [1.82, 2.24) is 0 Å². The fraction of sp³-hybridized carbons (Fsp3) is 0.133. The Morgan fingerprint density at radius 3 is 2.74 bits per heavy atom. The summed E-state index contributed by atoms with van der Waals surface area (Å²) >= 11 is 3.37. The summed E-state index contributed by atoms with van der Waals surface area (Å²) < 4.78 is 0.932. The van der Waals surface area contributed by atoms with Crippen LogP contribution in [0, 0.1) is 11.3 Å². The van der Waals surface area contributed by atoms with Crippen LogP contribution >= 0.6 is 15.9 Å². The molecule has 0 spiro atoms. The molecule has 0 aromatic heterocycles. The van der Waals surface area contributed by atoms with Gasteiger partial charge in [-0.2, -0.15) is 5.26 Å². The Hall–Kier alpha value is -1.83. The van der Waals surface area contributed by atoms with Crippen LogP contribution in [0.3, 0.4) is 0 Å². The number of hydrogen-bond donors (Lipinski definition) is 2. The molecular weight excluding hydrogens is 304 g/mol. The van der Waals surface area contributed by atoms with E-state index in [0.29, 0.717) is 12.1 Å². The Morgan fingerprint density at radius 1 is 1.21 bits per heavy atom. The van der Waals surface area contributed by atoms with E-state index in [1.165, 1.54) is 0 Å². The zero-order valence-corrected chi connectivity index (χ0v) is 11.8. The van der Waals surface area contributed by atoms with E-state index in [1.54, 1.807) is 6.07 Å². The molecule has 0 aliphatic rings. The number of benzene rings is 2. The number of para-hydroxylation sites is 1. The molecule has 0 fully saturated rings. The van der Waals surface area contributed by atoms with Gasteiger partial charge >= 0.3 is 0 Å². The number of nitriles is 1. The maximum absolute atomic E-state index is 10.1. The fourth-order valence-electron chi connectivity index (χ4n) is 1.77. The predicted molar refractivity (Wildman–Crippen MR) is 78.7 cm³/mol. The third-order valence-electron chi connectivity index (χ3n) is 2.77. The van der Waals surface area contributed by atoms with Crippen LogP contribution < -0.4 is 5.32 Å². The molecule has 4 heteroatoms. The molecule has 0 aliphatic heterocycles. The number of halogens is 1. The van der Waals surface area contributed by atoms with Crippen LogP contribution in [-0.4, -0.2) is 11.7 Å². The van der Waals surface area contributed by atoms with Gasteiger partial charge in [0.1, 0.15) is 6.07 Å². The highest BCUT2D eigenvalue weighted by Gasteiger charge is 2.08. The van der Waals surface area contributed by atoms with Crippen molar-refractivity contribution >= 4 is 21.6 Å². The lowest BCUT2D eigenvalue weighted by Crippen LogP contribution is -2.12. The van der Waals surface area contributed by atoms with Crippen LogP contribution in [0.25, 0.3) is 0 Å². The smallest absolute Gasteiger partial charge is 0.101 e. The lowest BCUT2D eigenvalue weighted by molar-refractivity contribution is 0.191. The van der Waals surface area contributed by atoms with Crippen LogP contribution in [-0.2, 0) is 0 Å². The highest BCUT2D eigenvalue weighted by atomic mass is 79.9. The third-order valence-corrected chi connectivity index (χ3v) is 3.26. The average Bonchev–Trinajstić information content (AvgIpc) is 2.45. The third kappa shape index (κ3) is 3.57. The maximum Gasteiger partial charge on any atom is 0.101 e. The van der Waals surface area contributed by atoms with Gasteiger partial charge in [-0.3, -0.25) is 0 Å². The molecule has 19 heavy (non-hydrogen) atoms. The number of nitrogens with zero attached hydrogens (tertiary/aromatic N) is 1. The van der Waals surface area contributed by atoms with E-state index in [-0.39, 0.29) is 0 Å². The van der Waals surface area contributed by atoms with E-state index in [4.69, 9.17) is 5.26 Å². The zero-order chi connectivity index (χ0) is 13.7. The molecule has 96 valence electrons. The standard InChI is InChI=1S/C15H13BrN2O/c16-13-6-3-5-11(8-13)15(19)10-18-14-7-2-1-4-12(14)9-17/h1-8,15,18-19H,10H2. The Labute approximate surface area is 120 Å². The molecule has 2 N–H and O–H groups in total. The van der Waals surface area contributed by atoms with Crippen molar-refractivity contribution < 1.29 is 5.11 Å². The zero-order valence-electron chi connectivity index (χ0n) is 10.2. The van der Waals surface area contributed by atoms with Crippen molar-refractivity contribution in [2.45, 2.75) is 6.10 Å². The van der Waals surface area contributed by atoms with Gasteiger partial charge in [-0.25, -0.2) is 0 Å². The van der Waals surface area contributed by atoms with Crippen LogP contribution in [0.5, 0.6) is 0 Å². The van der Waals surface area contributed by atoms with Gasteiger partial charge in [0.2, 0.25) is 0 Å². The maximum atomic E-state index is 10.1. The summed E-state index contributed by atoms with van der Waals surface area (Å²) in [7, 11) is 0. The quantitative estimate of drug-likeness (QED) is 0.908. The number of aliphatic hydroxyl groups is 1. The molecule has 2 rings (SSSR count). The number of rotatable bonds is 4. The summed E-state index contributed by atoms with van der Waals surface area (Å²) in [5.74, 6) is 0. The number of hydrogen-bond acceptors (Lipinski definition) is 3. The minimum Gasteiger partial charge on any atom is -0.387 e. The normalized spacial score (nSPS) is 11.6. The van der Waals surface area contributed by atoms with E-state index in [9.17, 15) is 5.11 Å². The van der Waals surface area contributed by atoms with Crippen LogP contribution in [0.15, 0.2) is 53.0 Å².